The molecule has 0 atom stereocenters. The number of carboxylic acid groups (broad SMARTS) is 1. The third kappa shape index (κ3) is 6.79. The molecule has 0 fully saturated rings. The molecule has 0 saturated heterocycles. The average molecular weight is 523 g/mol. The van der Waals surface area contributed by atoms with Gasteiger partial charge in [0.1, 0.15) is 17.3 Å². The Labute approximate surface area is 215 Å². The van der Waals surface area contributed by atoms with Crippen LogP contribution in [0.5, 0.6) is 11.5 Å². The predicted molar refractivity (Wildman–Crippen MR) is 139 cm³/mol. The van der Waals surface area contributed by atoms with E-state index >= 15 is 0 Å². The van der Waals surface area contributed by atoms with Gasteiger partial charge in [-0.3, -0.25) is 14.6 Å². The van der Waals surface area contributed by atoms with Crippen LogP contribution in [0, 0.1) is 12.7 Å². The van der Waals surface area contributed by atoms with Gasteiger partial charge in [0, 0.05) is 30.9 Å². The second kappa shape index (κ2) is 11.5. The van der Waals surface area contributed by atoms with Crippen LogP contribution in [0.15, 0.2) is 60.8 Å². The Balaban J connectivity index is 1.39. The number of aliphatic carboxylic acids is 1. The number of rotatable bonds is 9. The third-order valence-corrected chi connectivity index (χ3v) is 6.30. The molecule has 9 nitrogen and oxygen atoms in total. The normalized spacial score (nSPS) is 10.6. The first-order valence-electron chi connectivity index (χ1n) is 11.3. The zero-order valence-corrected chi connectivity index (χ0v) is 20.5. The van der Waals surface area contributed by atoms with E-state index in [4.69, 9.17) is 9.84 Å². The van der Waals surface area contributed by atoms with Gasteiger partial charge in [-0.15, -0.1) is 11.3 Å². The lowest BCUT2D eigenvalue weighted by Gasteiger charge is -2.10. The van der Waals surface area contributed by atoms with Gasteiger partial charge in [-0.1, -0.05) is 6.07 Å². The highest BCUT2D eigenvalue weighted by Crippen LogP contribution is 2.35. The van der Waals surface area contributed by atoms with Crippen molar-refractivity contribution >= 4 is 50.8 Å². The summed E-state index contributed by atoms with van der Waals surface area (Å²) in [5.74, 6) is -0.740. The van der Waals surface area contributed by atoms with Crippen LogP contribution in [0.2, 0.25) is 0 Å². The number of aryl methyl sites for hydroxylation is 1. The summed E-state index contributed by atoms with van der Waals surface area (Å²) in [6.45, 7) is 2.06. The number of ether oxygens (including phenoxy) is 1. The Bertz CT molecular complexity index is 1460. The number of carboxylic acids is 1. The van der Waals surface area contributed by atoms with Gasteiger partial charge in [0.2, 0.25) is 0 Å². The van der Waals surface area contributed by atoms with Crippen LogP contribution in [0.25, 0.3) is 10.2 Å². The quantitative estimate of drug-likeness (QED) is 0.206. The SMILES string of the molecule is Cc1ccc(F)c(NC(=O)Nc2ccc(Oc3ccnc4cc(C(=O)NCCCC(=O)O)sc34)cc2)c1. The summed E-state index contributed by atoms with van der Waals surface area (Å²) in [6, 6.07) is 13.8. The van der Waals surface area contributed by atoms with E-state index in [0.717, 1.165) is 5.56 Å². The molecule has 0 aliphatic rings. The first-order chi connectivity index (χ1) is 17.8. The fourth-order valence-electron chi connectivity index (χ4n) is 3.39. The molecule has 0 aliphatic carbocycles. The standard InChI is InChI=1S/C26H23FN4O5S/c1-15-4-9-18(27)19(13-15)31-26(35)30-16-5-7-17(8-6-16)36-21-10-12-28-20-14-22(37-24(20)21)25(34)29-11-2-3-23(32)33/h4-10,12-14H,2-3,11H2,1H3,(H,29,34)(H,32,33)(H2,30,31,35). The minimum absolute atomic E-state index is 0.0174. The van der Waals surface area contributed by atoms with Crippen molar-refractivity contribution < 1.29 is 28.6 Å². The molecule has 0 radical (unpaired) electrons. The lowest BCUT2D eigenvalue weighted by molar-refractivity contribution is -0.137. The largest absolute Gasteiger partial charge is 0.481 e. The molecule has 2 aromatic heterocycles. The highest BCUT2D eigenvalue weighted by atomic mass is 32.1. The van der Waals surface area contributed by atoms with Crippen LogP contribution in [-0.4, -0.2) is 34.5 Å². The molecule has 0 unspecified atom stereocenters. The maximum Gasteiger partial charge on any atom is 0.323 e. The van der Waals surface area contributed by atoms with Crippen LogP contribution in [0.4, 0.5) is 20.6 Å². The lowest BCUT2D eigenvalue weighted by Crippen LogP contribution is -2.23. The van der Waals surface area contributed by atoms with Gasteiger partial charge < -0.3 is 25.8 Å². The summed E-state index contributed by atoms with van der Waals surface area (Å²) in [5.41, 5.74) is 1.98. The van der Waals surface area contributed by atoms with Crippen molar-refractivity contribution in [2.24, 2.45) is 0 Å². The van der Waals surface area contributed by atoms with Gasteiger partial charge in [0.25, 0.3) is 5.91 Å². The van der Waals surface area contributed by atoms with Crippen molar-refractivity contribution in [3.8, 4) is 11.5 Å². The zero-order chi connectivity index (χ0) is 26.4. The van der Waals surface area contributed by atoms with E-state index in [1.807, 2.05) is 0 Å². The highest BCUT2D eigenvalue weighted by molar-refractivity contribution is 7.21. The fraction of sp³-hybridized carbons (Fsp3) is 0.154. The Morgan fingerprint density at radius 3 is 2.59 bits per heavy atom. The van der Waals surface area contributed by atoms with Gasteiger partial charge in [0.15, 0.2) is 0 Å². The summed E-state index contributed by atoms with van der Waals surface area (Å²) in [6.07, 6.45) is 1.90. The van der Waals surface area contributed by atoms with E-state index in [-0.39, 0.29) is 24.6 Å². The van der Waals surface area contributed by atoms with Gasteiger partial charge >= 0.3 is 12.0 Å². The molecule has 0 saturated carbocycles. The number of anilines is 2. The van der Waals surface area contributed by atoms with Crippen molar-refractivity contribution in [1.29, 1.82) is 0 Å². The number of aromatic nitrogens is 1. The van der Waals surface area contributed by atoms with E-state index in [0.29, 0.717) is 38.7 Å². The first-order valence-corrected chi connectivity index (χ1v) is 12.1. The predicted octanol–water partition coefficient (Wildman–Crippen LogP) is 5.77. The molecule has 2 aromatic carbocycles. The molecule has 0 bridgehead atoms. The minimum Gasteiger partial charge on any atom is -0.481 e. The van der Waals surface area contributed by atoms with Crippen molar-refractivity contribution in [2.75, 3.05) is 17.2 Å². The topological polar surface area (TPSA) is 130 Å². The number of urea groups is 1. The monoisotopic (exact) mass is 522 g/mol. The number of fused-ring (bicyclic) bond motifs is 1. The van der Waals surface area contributed by atoms with Crippen LogP contribution < -0.4 is 20.7 Å². The smallest absolute Gasteiger partial charge is 0.323 e. The number of carbonyl (C=O) groups is 3. The Hall–Kier alpha value is -4.51. The Kier molecular flexibility index (Phi) is 7.94. The Morgan fingerprint density at radius 2 is 1.84 bits per heavy atom. The summed E-state index contributed by atoms with van der Waals surface area (Å²) in [7, 11) is 0. The number of benzene rings is 2. The second-order valence-corrected chi connectivity index (χ2v) is 9.13. The first kappa shape index (κ1) is 25.6. The molecular weight excluding hydrogens is 499 g/mol. The molecular formula is C26H23FN4O5S. The van der Waals surface area contributed by atoms with E-state index < -0.39 is 17.8 Å². The van der Waals surface area contributed by atoms with Crippen molar-refractivity contribution in [2.45, 2.75) is 19.8 Å². The number of thiophene rings is 1. The number of hydrogen-bond acceptors (Lipinski definition) is 6. The summed E-state index contributed by atoms with van der Waals surface area (Å²) >= 11 is 1.22. The van der Waals surface area contributed by atoms with E-state index in [1.165, 1.54) is 17.4 Å². The lowest BCUT2D eigenvalue weighted by atomic mass is 10.2. The number of nitrogens with one attached hydrogen (secondary N) is 3. The molecule has 3 amide bonds. The average Bonchev–Trinajstić information content (AvgIpc) is 3.31. The molecule has 0 aliphatic heterocycles. The number of amides is 3. The maximum atomic E-state index is 13.9. The fourth-order valence-corrected chi connectivity index (χ4v) is 4.37. The molecule has 0 spiro atoms. The maximum absolute atomic E-state index is 13.9. The van der Waals surface area contributed by atoms with Crippen LogP contribution in [0.3, 0.4) is 0 Å². The zero-order valence-electron chi connectivity index (χ0n) is 19.7. The molecule has 4 rings (SSSR count). The minimum atomic E-state index is -0.910. The van der Waals surface area contributed by atoms with Crippen molar-refractivity contribution in [3.05, 3.63) is 77.1 Å². The number of carbonyl (C=O) groups excluding carboxylic acids is 2. The van der Waals surface area contributed by atoms with E-state index in [2.05, 4.69) is 20.9 Å². The van der Waals surface area contributed by atoms with Crippen LogP contribution >= 0.6 is 11.3 Å². The molecule has 37 heavy (non-hydrogen) atoms. The summed E-state index contributed by atoms with van der Waals surface area (Å²) in [5, 5.41) is 16.5. The molecule has 4 aromatic rings. The molecule has 11 heteroatoms. The van der Waals surface area contributed by atoms with Gasteiger partial charge in [-0.2, -0.15) is 0 Å². The molecule has 190 valence electrons. The number of hydrogen-bond donors (Lipinski definition) is 4. The summed E-state index contributed by atoms with van der Waals surface area (Å²) < 4.78 is 20.5. The second-order valence-electron chi connectivity index (χ2n) is 8.08. The van der Waals surface area contributed by atoms with E-state index in [1.54, 1.807) is 61.7 Å². The van der Waals surface area contributed by atoms with Crippen LogP contribution in [0.1, 0.15) is 28.1 Å². The van der Waals surface area contributed by atoms with Crippen LogP contribution in [-0.2, 0) is 4.79 Å². The van der Waals surface area contributed by atoms with Gasteiger partial charge in [-0.25, -0.2) is 9.18 Å². The van der Waals surface area contributed by atoms with Gasteiger partial charge in [0.05, 0.1) is 20.8 Å². The Morgan fingerprint density at radius 1 is 1.05 bits per heavy atom. The number of pyridine rings is 1. The highest BCUT2D eigenvalue weighted by Gasteiger charge is 2.15. The third-order valence-electron chi connectivity index (χ3n) is 5.16. The number of nitrogens with zero attached hydrogens (tertiary/aromatic N) is 1. The van der Waals surface area contributed by atoms with Crippen molar-refractivity contribution in [3.63, 3.8) is 0 Å². The summed E-state index contributed by atoms with van der Waals surface area (Å²) in [4.78, 5) is 40.0. The van der Waals surface area contributed by atoms with E-state index in [9.17, 15) is 18.8 Å². The number of halogens is 1. The van der Waals surface area contributed by atoms with Gasteiger partial charge in [-0.05, 0) is 61.4 Å². The molecule has 4 N–H and O–H groups in total. The van der Waals surface area contributed by atoms with Crippen molar-refractivity contribution in [1.82, 2.24) is 10.3 Å². The molecule has 2 heterocycles.